The molecule has 0 aromatic carbocycles. The van der Waals surface area contributed by atoms with Gasteiger partial charge < -0.3 is 15.5 Å². The van der Waals surface area contributed by atoms with E-state index in [0.29, 0.717) is 24.3 Å². The lowest BCUT2D eigenvalue weighted by Crippen LogP contribution is -2.49. The summed E-state index contributed by atoms with van der Waals surface area (Å²) in [6.07, 6.45) is 6.66. The van der Waals surface area contributed by atoms with Crippen LogP contribution in [0.25, 0.3) is 0 Å². The Labute approximate surface area is 123 Å². The van der Waals surface area contributed by atoms with Crippen molar-refractivity contribution < 1.29 is 4.79 Å². The van der Waals surface area contributed by atoms with Crippen LogP contribution in [0.4, 0.5) is 11.4 Å². The third-order valence-corrected chi connectivity index (χ3v) is 3.64. The average Bonchev–Trinajstić information content (AvgIpc) is 2.56. The van der Waals surface area contributed by atoms with Gasteiger partial charge in [-0.2, -0.15) is 0 Å². The number of hydrogen-bond acceptors (Lipinski definition) is 5. The molecule has 1 aliphatic rings. The summed E-state index contributed by atoms with van der Waals surface area (Å²) in [6.45, 7) is 2.88. The second kappa shape index (κ2) is 5.78. The van der Waals surface area contributed by atoms with E-state index in [1.165, 1.54) is 0 Å². The van der Waals surface area contributed by atoms with Gasteiger partial charge in [0.25, 0.3) is 5.91 Å². The van der Waals surface area contributed by atoms with Crippen LogP contribution in [-0.4, -0.2) is 47.0 Å². The first kappa shape index (κ1) is 13.4. The molecule has 1 amide bonds. The highest BCUT2D eigenvalue weighted by Crippen LogP contribution is 2.22. The lowest BCUT2D eigenvalue weighted by molar-refractivity contribution is 0.0746. The molecule has 21 heavy (non-hydrogen) atoms. The highest BCUT2D eigenvalue weighted by atomic mass is 16.2. The molecule has 3 rings (SSSR count). The van der Waals surface area contributed by atoms with Gasteiger partial charge in [0.1, 0.15) is 0 Å². The Hall–Kier alpha value is -2.63. The fraction of sp³-hybridized carbons (Fsp3) is 0.267. The van der Waals surface area contributed by atoms with Crippen molar-refractivity contribution in [2.75, 3.05) is 36.8 Å². The molecule has 1 saturated heterocycles. The van der Waals surface area contributed by atoms with Crippen LogP contribution in [0.3, 0.4) is 0 Å². The van der Waals surface area contributed by atoms with E-state index < -0.39 is 0 Å². The summed E-state index contributed by atoms with van der Waals surface area (Å²) < 4.78 is 0. The summed E-state index contributed by atoms with van der Waals surface area (Å²) in [5.41, 5.74) is 8.23. The monoisotopic (exact) mass is 283 g/mol. The third-order valence-electron chi connectivity index (χ3n) is 3.64. The number of carbonyl (C=O) groups excluding carboxylic acids is 1. The molecule has 108 valence electrons. The van der Waals surface area contributed by atoms with Crippen LogP contribution in [-0.2, 0) is 0 Å². The van der Waals surface area contributed by atoms with E-state index in [4.69, 9.17) is 5.73 Å². The second-order valence-electron chi connectivity index (χ2n) is 4.96. The third kappa shape index (κ3) is 2.79. The Morgan fingerprint density at radius 3 is 2.48 bits per heavy atom. The Morgan fingerprint density at radius 2 is 1.81 bits per heavy atom. The number of nitrogen functional groups attached to an aromatic ring is 1. The topological polar surface area (TPSA) is 75.3 Å². The molecule has 2 aromatic rings. The zero-order chi connectivity index (χ0) is 14.7. The molecule has 0 saturated carbocycles. The van der Waals surface area contributed by atoms with Gasteiger partial charge in [0, 0.05) is 44.8 Å². The van der Waals surface area contributed by atoms with Crippen molar-refractivity contribution in [2.24, 2.45) is 0 Å². The van der Waals surface area contributed by atoms with Gasteiger partial charge in [0.15, 0.2) is 0 Å². The van der Waals surface area contributed by atoms with Gasteiger partial charge in [0.05, 0.1) is 23.1 Å². The molecule has 0 radical (unpaired) electrons. The predicted molar refractivity (Wildman–Crippen MR) is 81.0 cm³/mol. The van der Waals surface area contributed by atoms with Gasteiger partial charge in [-0.3, -0.25) is 14.8 Å². The van der Waals surface area contributed by atoms with Crippen molar-refractivity contribution in [3.05, 3.63) is 48.5 Å². The predicted octanol–water partition coefficient (Wildman–Crippen LogP) is 1.02. The van der Waals surface area contributed by atoms with Gasteiger partial charge in [0.2, 0.25) is 0 Å². The van der Waals surface area contributed by atoms with Crippen molar-refractivity contribution in [3.63, 3.8) is 0 Å². The fourth-order valence-electron chi connectivity index (χ4n) is 2.51. The molecular weight excluding hydrogens is 266 g/mol. The van der Waals surface area contributed by atoms with E-state index in [2.05, 4.69) is 14.9 Å². The van der Waals surface area contributed by atoms with E-state index in [9.17, 15) is 4.79 Å². The number of rotatable bonds is 2. The average molecular weight is 283 g/mol. The summed E-state index contributed by atoms with van der Waals surface area (Å²) in [7, 11) is 0. The number of amides is 1. The first-order chi connectivity index (χ1) is 10.3. The number of hydrogen-bond donors (Lipinski definition) is 1. The Balaban J connectivity index is 1.66. The lowest BCUT2D eigenvalue weighted by Gasteiger charge is -2.36. The minimum Gasteiger partial charge on any atom is -0.396 e. The molecular formula is C15H17N5O. The van der Waals surface area contributed by atoms with Gasteiger partial charge in [-0.25, -0.2) is 0 Å². The van der Waals surface area contributed by atoms with Crippen LogP contribution in [0.2, 0.25) is 0 Å². The van der Waals surface area contributed by atoms with E-state index in [-0.39, 0.29) is 5.91 Å². The largest absolute Gasteiger partial charge is 0.396 e. The van der Waals surface area contributed by atoms with E-state index >= 15 is 0 Å². The number of nitrogens with two attached hydrogens (primary N) is 1. The van der Waals surface area contributed by atoms with Crippen LogP contribution in [0.1, 0.15) is 10.4 Å². The molecule has 2 N–H and O–H groups in total. The molecule has 6 heteroatoms. The molecule has 0 aliphatic carbocycles. The van der Waals surface area contributed by atoms with Crippen LogP contribution < -0.4 is 10.6 Å². The van der Waals surface area contributed by atoms with Crippen LogP contribution in [0, 0.1) is 0 Å². The highest BCUT2D eigenvalue weighted by Gasteiger charge is 2.23. The summed E-state index contributed by atoms with van der Waals surface area (Å²) >= 11 is 0. The smallest absolute Gasteiger partial charge is 0.255 e. The maximum absolute atomic E-state index is 12.3. The maximum Gasteiger partial charge on any atom is 0.255 e. The minimum absolute atomic E-state index is 0.0328. The Bertz CT molecular complexity index is 623. The Morgan fingerprint density at radius 1 is 1.05 bits per heavy atom. The second-order valence-corrected chi connectivity index (χ2v) is 4.96. The van der Waals surface area contributed by atoms with Crippen molar-refractivity contribution in [3.8, 4) is 0 Å². The molecule has 2 aromatic heterocycles. The number of nitrogens with zero attached hydrogens (tertiary/aromatic N) is 4. The summed E-state index contributed by atoms with van der Waals surface area (Å²) in [5, 5.41) is 0. The van der Waals surface area contributed by atoms with Crippen LogP contribution in [0.15, 0.2) is 43.0 Å². The van der Waals surface area contributed by atoms with Crippen molar-refractivity contribution >= 4 is 17.3 Å². The maximum atomic E-state index is 12.3. The van der Waals surface area contributed by atoms with E-state index in [1.54, 1.807) is 36.9 Å². The quantitative estimate of drug-likeness (QED) is 0.890. The SMILES string of the molecule is Nc1cnccc1N1CCN(C(=O)c2cccnc2)CC1. The number of piperazine rings is 1. The van der Waals surface area contributed by atoms with Gasteiger partial charge in [-0.15, -0.1) is 0 Å². The number of carbonyl (C=O) groups is 1. The van der Waals surface area contributed by atoms with Crippen LogP contribution >= 0.6 is 0 Å². The molecule has 0 spiro atoms. The number of pyridine rings is 2. The minimum atomic E-state index is 0.0328. The molecule has 0 atom stereocenters. The van der Waals surface area contributed by atoms with Gasteiger partial charge in [-0.1, -0.05) is 0 Å². The molecule has 1 aliphatic heterocycles. The number of anilines is 2. The van der Waals surface area contributed by atoms with Gasteiger partial charge >= 0.3 is 0 Å². The summed E-state index contributed by atoms with van der Waals surface area (Å²) in [4.78, 5) is 24.4. The van der Waals surface area contributed by atoms with Crippen LogP contribution in [0.5, 0.6) is 0 Å². The zero-order valence-electron chi connectivity index (χ0n) is 11.6. The molecule has 0 bridgehead atoms. The van der Waals surface area contributed by atoms with Crippen molar-refractivity contribution in [1.29, 1.82) is 0 Å². The first-order valence-corrected chi connectivity index (χ1v) is 6.89. The van der Waals surface area contributed by atoms with E-state index in [0.717, 1.165) is 18.8 Å². The normalized spacial score (nSPS) is 15.0. The van der Waals surface area contributed by atoms with Crippen molar-refractivity contribution in [2.45, 2.75) is 0 Å². The molecule has 1 fully saturated rings. The number of aromatic nitrogens is 2. The standard InChI is InChI=1S/C15H17N5O/c16-13-11-18-5-3-14(13)19-6-8-20(9-7-19)15(21)12-2-1-4-17-10-12/h1-5,10-11H,6-9,16H2. The fourth-order valence-corrected chi connectivity index (χ4v) is 2.51. The van der Waals surface area contributed by atoms with Crippen molar-refractivity contribution in [1.82, 2.24) is 14.9 Å². The lowest BCUT2D eigenvalue weighted by atomic mass is 10.2. The molecule has 6 nitrogen and oxygen atoms in total. The molecule has 3 heterocycles. The Kier molecular flexibility index (Phi) is 3.68. The highest BCUT2D eigenvalue weighted by molar-refractivity contribution is 5.94. The van der Waals surface area contributed by atoms with E-state index in [1.807, 2.05) is 11.0 Å². The summed E-state index contributed by atoms with van der Waals surface area (Å²) in [6, 6.07) is 5.48. The van der Waals surface area contributed by atoms with Gasteiger partial charge in [-0.05, 0) is 18.2 Å². The zero-order valence-corrected chi connectivity index (χ0v) is 11.6. The first-order valence-electron chi connectivity index (χ1n) is 6.89. The molecule has 0 unspecified atom stereocenters. The summed E-state index contributed by atoms with van der Waals surface area (Å²) in [5.74, 6) is 0.0328.